The lowest BCUT2D eigenvalue weighted by Gasteiger charge is -2.16. The van der Waals surface area contributed by atoms with Crippen molar-refractivity contribution in [3.8, 4) is 92.0 Å². The third-order valence-corrected chi connectivity index (χ3v) is 9.37. The summed E-state index contributed by atoms with van der Waals surface area (Å²) in [7, 11) is 0. The fraction of sp³-hybridized carbons (Fsp3) is 0. The van der Waals surface area contributed by atoms with E-state index in [1.54, 1.807) is 36.4 Å². The lowest BCUT2D eigenvalue weighted by Crippen LogP contribution is -1.94. The lowest BCUT2D eigenvalue weighted by molar-refractivity contribution is 0.393. The Balaban J connectivity index is 0.826. The quantitative estimate of drug-likeness (QED) is 0.0908. The molecule has 0 aliphatic rings. The second-order valence-electron chi connectivity index (χ2n) is 14.2. The predicted molar refractivity (Wildman–Crippen MR) is 247 cm³/mol. The Morgan fingerprint density at radius 2 is 0.422 bits per heavy atom. The van der Waals surface area contributed by atoms with Gasteiger partial charge in [0.05, 0.1) is 0 Å². The molecule has 9 aromatic carbocycles. The molecule has 0 heterocycles. The molecule has 64 heavy (non-hydrogen) atoms. The summed E-state index contributed by atoms with van der Waals surface area (Å²) >= 11 is 0. The molecule has 0 saturated heterocycles. The molecule has 0 aromatic heterocycles. The van der Waals surface area contributed by atoms with Crippen LogP contribution >= 0.6 is 0 Å². The van der Waals surface area contributed by atoms with Crippen LogP contribution in [0.4, 0.5) is 11.4 Å². The summed E-state index contributed by atoms with van der Waals surface area (Å²) in [5.41, 5.74) is 13.1. The number of hydrogen-bond donors (Lipinski definition) is 2. The molecular weight excluding hydrogens is 805 g/mol. The van der Waals surface area contributed by atoms with E-state index in [9.17, 15) is 0 Å². The average molecular weight is 845 g/mol. The van der Waals surface area contributed by atoms with Crippen molar-refractivity contribution in [2.24, 2.45) is 0 Å². The molecule has 314 valence electrons. The minimum atomic E-state index is 0.502. The SMILES string of the molecule is Nc1cccc(Oc2ccccc2Oc2ccccc2Oc2cccc(Oc3ccc(Oc4cccc(Oc5ccccc5Oc5ccccc5Oc5cccc(N)c5)c4)cc3)c2)c1. The first-order chi connectivity index (χ1) is 31.5. The van der Waals surface area contributed by atoms with E-state index in [1.165, 1.54) is 0 Å². The van der Waals surface area contributed by atoms with Crippen molar-refractivity contribution in [2.45, 2.75) is 0 Å². The van der Waals surface area contributed by atoms with Crippen molar-refractivity contribution in [2.75, 3.05) is 11.5 Å². The molecule has 0 amide bonds. The van der Waals surface area contributed by atoms with Crippen LogP contribution in [0.2, 0.25) is 0 Å². The van der Waals surface area contributed by atoms with Gasteiger partial charge in [-0.2, -0.15) is 0 Å². The van der Waals surface area contributed by atoms with E-state index in [0.29, 0.717) is 103 Å². The Morgan fingerprint density at radius 3 is 0.703 bits per heavy atom. The summed E-state index contributed by atoms with van der Waals surface area (Å²) in [6, 6.07) is 66.1. The van der Waals surface area contributed by atoms with Crippen molar-refractivity contribution in [3.63, 3.8) is 0 Å². The van der Waals surface area contributed by atoms with Crippen LogP contribution in [0.15, 0.2) is 218 Å². The van der Waals surface area contributed by atoms with E-state index < -0.39 is 0 Å². The number of benzene rings is 9. The number of anilines is 2. The van der Waals surface area contributed by atoms with Crippen LogP contribution in [-0.2, 0) is 0 Å². The van der Waals surface area contributed by atoms with Gasteiger partial charge in [-0.15, -0.1) is 0 Å². The van der Waals surface area contributed by atoms with Gasteiger partial charge in [-0.05, 0) is 121 Å². The van der Waals surface area contributed by atoms with E-state index in [2.05, 4.69) is 0 Å². The molecule has 9 rings (SSSR count). The summed E-state index contributed by atoms with van der Waals surface area (Å²) in [6.07, 6.45) is 0. The first-order valence-electron chi connectivity index (χ1n) is 20.3. The van der Waals surface area contributed by atoms with Gasteiger partial charge in [0.15, 0.2) is 46.0 Å². The first-order valence-corrected chi connectivity index (χ1v) is 20.3. The third kappa shape index (κ3) is 10.5. The van der Waals surface area contributed by atoms with Crippen LogP contribution < -0.4 is 49.4 Å². The van der Waals surface area contributed by atoms with E-state index in [-0.39, 0.29) is 0 Å². The summed E-state index contributed by atoms with van der Waals surface area (Å²) in [5.74, 6) is 8.80. The van der Waals surface area contributed by atoms with Crippen molar-refractivity contribution in [3.05, 3.63) is 218 Å². The summed E-state index contributed by atoms with van der Waals surface area (Å²) < 4.78 is 49.9. The Hall–Kier alpha value is -9.02. The van der Waals surface area contributed by atoms with Crippen LogP contribution in [0.5, 0.6) is 92.0 Å². The highest BCUT2D eigenvalue weighted by molar-refractivity contribution is 5.54. The van der Waals surface area contributed by atoms with Crippen LogP contribution in [-0.4, -0.2) is 0 Å². The molecule has 0 aliphatic heterocycles. The summed E-state index contributed by atoms with van der Waals surface area (Å²) in [6.45, 7) is 0. The van der Waals surface area contributed by atoms with Crippen LogP contribution in [0.1, 0.15) is 0 Å². The molecule has 4 N–H and O–H groups in total. The van der Waals surface area contributed by atoms with E-state index in [1.807, 2.05) is 182 Å². The molecule has 0 radical (unpaired) electrons. The Labute approximate surface area is 369 Å². The number of ether oxygens (including phenoxy) is 8. The molecule has 9 aromatic rings. The standard InChI is InChI=1S/C54H40N2O8/c55-37-13-9-15-41(33-37)59-47-21-1-5-25-51(47)63-53-27-7-3-23-49(53)61-45-19-11-17-43(35-45)57-39-29-31-40(32-30-39)58-44-18-12-20-46(36-44)62-50-24-4-8-28-54(50)64-52-26-6-2-22-48(52)60-42-16-10-14-38(56)34-42/h1-36H,55-56H2. The van der Waals surface area contributed by atoms with Crippen molar-refractivity contribution < 1.29 is 37.9 Å². The molecule has 0 unspecified atom stereocenters. The van der Waals surface area contributed by atoms with Gasteiger partial charge in [0.2, 0.25) is 0 Å². The van der Waals surface area contributed by atoms with E-state index in [4.69, 9.17) is 49.4 Å². The monoisotopic (exact) mass is 844 g/mol. The molecule has 0 fully saturated rings. The maximum atomic E-state index is 6.33. The average Bonchev–Trinajstić information content (AvgIpc) is 3.30. The predicted octanol–water partition coefficient (Wildman–Crippen LogP) is 15.2. The zero-order valence-corrected chi connectivity index (χ0v) is 34.2. The zero-order valence-electron chi connectivity index (χ0n) is 34.2. The van der Waals surface area contributed by atoms with E-state index in [0.717, 1.165) is 0 Å². The first kappa shape index (κ1) is 40.4. The second-order valence-corrected chi connectivity index (χ2v) is 14.2. The highest BCUT2D eigenvalue weighted by Crippen LogP contribution is 2.42. The number of rotatable bonds is 16. The van der Waals surface area contributed by atoms with Crippen LogP contribution in [0.25, 0.3) is 0 Å². The maximum absolute atomic E-state index is 6.33. The Kier molecular flexibility index (Phi) is 12.1. The largest absolute Gasteiger partial charge is 0.457 e. The highest BCUT2D eigenvalue weighted by Gasteiger charge is 2.15. The number of nitrogen functional groups attached to an aromatic ring is 2. The topological polar surface area (TPSA) is 126 Å². The lowest BCUT2D eigenvalue weighted by atomic mass is 10.2. The van der Waals surface area contributed by atoms with Gasteiger partial charge in [-0.1, -0.05) is 72.8 Å². The van der Waals surface area contributed by atoms with Crippen LogP contribution in [0.3, 0.4) is 0 Å². The molecule has 10 nitrogen and oxygen atoms in total. The summed E-state index contributed by atoms with van der Waals surface area (Å²) in [4.78, 5) is 0. The zero-order chi connectivity index (χ0) is 43.5. The molecular formula is C54H40N2O8. The fourth-order valence-electron chi connectivity index (χ4n) is 6.43. The maximum Gasteiger partial charge on any atom is 0.170 e. The molecule has 0 atom stereocenters. The van der Waals surface area contributed by atoms with E-state index >= 15 is 0 Å². The minimum Gasteiger partial charge on any atom is -0.457 e. The van der Waals surface area contributed by atoms with Gasteiger partial charge in [0, 0.05) is 35.6 Å². The number of hydrogen-bond acceptors (Lipinski definition) is 10. The normalized spacial score (nSPS) is 10.6. The smallest absolute Gasteiger partial charge is 0.170 e. The second kappa shape index (κ2) is 19.1. The number of para-hydroxylation sites is 8. The van der Waals surface area contributed by atoms with Crippen molar-refractivity contribution >= 4 is 11.4 Å². The third-order valence-electron chi connectivity index (χ3n) is 9.37. The van der Waals surface area contributed by atoms with Gasteiger partial charge < -0.3 is 49.4 Å². The molecule has 0 aliphatic carbocycles. The van der Waals surface area contributed by atoms with Gasteiger partial charge in [0.1, 0.15) is 46.0 Å². The molecule has 0 spiro atoms. The van der Waals surface area contributed by atoms with Crippen LogP contribution in [0, 0.1) is 0 Å². The van der Waals surface area contributed by atoms with Crippen molar-refractivity contribution in [1.29, 1.82) is 0 Å². The highest BCUT2D eigenvalue weighted by atomic mass is 16.6. The number of nitrogens with two attached hydrogens (primary N) is 2. The Morgan fingerprint density at radius 1 is 0.188 bits per heavy atom. The van der Waals surface area contributed by atoms with Gasteiger partial charge in [-0.3, -0.25) is 0 Å². The van der Waals surface area contributed by atoms with Gasteiger partial charge in [-0.25, -0.2) is 0 Å². The molecule has 10 heteroatoms. The minimum absolute atomic E-state index is 0.502. The van der Waals surface area contributed by atoms with Gasteiger partial charge in [0.25, 0.3) is 0 Å². The molecule has 0 bridgehead atoms. The Bertz CT molecular complexity index is 2810. The fourth-order valence-corrected chi connectivity index (χ4v) is 6.43. The molecule has 0 saturated carbocycles. The summed E-state index contributed by atoms with van der Waals surface area (Å²) in [5, 5.41) is 0. The van der Waals surface area contributed by atoms with Gasteiger partial charge >= 0.3 is 0 Å². The van der Waals surface area contributed by atoms with Crippen molar-refractivity contribution in [1.82, 2.24) is 0 Å².